The molecule has 0 fully saturated rings. The van der Waals surface area contributed by atoms with Crippen molar-refractivity contribution in [2.45, 2.75) is 20.0 Å². The number of pyridine rings is 1. The summed E-state index contributed by atoms with van der Waals surface area (Å²) in [7, 11) is 0. The van der Waals surface area contributed by atoms with E-state index in [1.54, 1.807) is 18.3 Å². The quantitative estimate of drug-likeness (QED) is 0.672. The van der Waals surface area contributed by atoms with Crippen molar-refractivity contribution in [1.82, 2.24) is 10.3 Å². The number of hydrogen-bond acceptors (Lipinski definition) is 3. The molecule has 3 aromatic rings. The number of carbonyl (C=O) groups is 1. The average Bonchev–Trinajstić information content (AvgIpc) is 2.67. The topological polar surface area (TPSA) is 54.0 Å². The fourth-order valence-corrected chi connectivity index (χ4v) is 2.65. The highest BCUT2D eigenvalue weighted by Gasteiger charge is 2.06. The van der Waals surface area contributed by atoms with Gasteiger partial charge in [-0.3, -0.25) is 4.79 Å². The first-order valence-electron chi connectivity index (χ1n) is 8.39. The third-order valence-electron chi connectivity index (χ3n) is 4.02. The second-order valence-electron chi connectivity index (χ2n) is 6.05. The minimum atomic E-state index is -0.143. The van der Waals surface area contributed by atoms with Crippen molar-refractivity contribution in [3.63, 3.8) is 0 Å². The molecule has 0 saturated heterocycles. The van der Waals surface area contributed by atoms with E-state index in [2.05, 4.69) is 15.6 Å². The number of amides is 1. The van der Waals surface area contributed by atoms with Gasteiger partial charge in [0, 0.05) is 24.3 Å². The zero-order valence-electron chi connectivity index (χ0n) is 14.5. The van der Waals surface area contributed by atoms with Crippen LogP contribution >= 0.6 is 11.6 Å². The molecule has 0 radical (unpaired) electrons. The molecule has 0 bridgehead atoms. The first-order chi connectivity index (χ1) is 12.6. The van der Waals surface area contributed by atoms with Crippen molar-refractivity contribution in [1.29, 1.82) is 0 Å². The molecular formula is C21H20ClN3O. The molecule has 2 N–H and O–H groups in total. The number of rotatable bonds is 6. The number of carbonyl (C=O) groups excluding carboxylic acids is 1. The van der Waals surface area contributed by atoms with Crippen LogP contribution in [0.3, 0.4) is 0 Å². The molecular weight excluding hydrogens is 346 g/mol. The number of anilines is 1. The lowest BCUT2D eigenvalue weighted by molar-refractivity contribution is 0.0950. The molecule has 1 aromatic heterocycles. The number of aromatic nitrogens is 1. The highest BCUT2D eigenvalue weighted by molar-refractivity contribution is 6.31. The van der Waals surface area contributed by atoms with E-state index in [0.717, 1.165) is 11.1 Å². The van der Waals surface area contributed by atoms with E-state index in [1.807, 2.05) is 55.5 Å². The molecule has 1 amide bonds. The third-order valence-corrected chi connectivity index (χ3v) is 4.39. The summed E-state index contributed by atoms with van der Waals surface area (Å²) in [4.78, 5) is 16.5. The van der Waals surface area contributed by atoms with Crippen LogP contribution in [0.4, 0.5) is 5.82 Å². The molecule has 132 valence electrons. The highest BCUT2D eigenvalue weighted by atomic mass is 35.5. The van der Waals surface area contributed by atoms with E-state index in [-0.39, 0.29) is 5.91 Å². The van der Waals surface area contributed by atoms with Crippen LogP contribution in [0.25, 0.3) is 0 Å². The van der Waals surface area contributed by atoms with Gasteiger partial charge in [0.1, 0.15) is 5.82 Å². The Morgan fingerprint density at radius 1 is 1.00 bits per heavy atom. The van der Waals surface area contributed by atoms with Gasteiger partial charge in [-0.1, -0.05) is 59.6 Å². The lowest BCUT2D eigenvalue weighted by atomic mass is 10.1. The SMILES string of the molecule is Cc1ccc(CNC(=O)c2ccc(NCc3ccccc3Cl)nc2)cc1. The summed E-state index contributed by atoms with van der Waals surface area (Å²) in [5.41, 5.74) is 3.79. The molecule has 0 atom stereocenters. The Balaban J connectivity index is 1.54. The van der Waals surface area contributed by atoms with Gasteiger partial charge in [-0.05, 0) is 36.2 Å². The van der Waals surface area contributed by atoms with Crippen molar-refractivity contribution in [2.24, 2.45) is 0 Å². The Morgan fingerprint density at radius 3 is 2.46 bits per heavy atom. The molecule has 0 aliphatic rings. The van der Waals surface area contributed by atoms with Crippen molar-refractivity contribution in [3.8, 4) is 0 Å². The van der Waals surface area contributed by atoms with Gasteiger partial charge in [0.25, 0.3) is 5.91 Å². The smallest absolute Gasteiger partial charge is 0.253 e. The molecule has 3 rings (SSSR count). The number of nitrogens with zero attached hydrogens (tertiary/aromatic N) is 1. The van der Waals surface area contributed by atoms with Crippen molar-refractivity contribution >= 4 is 23.3 Å². The summed E-state index contributed by atoms with van der Waals surface area (Å²) in [6, 6.07) is 19.3. The molecule has 0 spiro atoms. The van der Waals surface area contributed by atoms with Gasteiger partial charge in [-0.2, -0.15) is 0 Å². The predicted molar refractivity (Wildman–Crippen MR) is 105 cm³/mol. The zero-order valence-corrected chi connectivity index (χ0v) is 15.3. The molecule has 0 unspecified atom stereocenters. The summed E-state index contributed by atoms with van der Waals surface area (Å²) < 4.78 is 0. The van der Waals surface area contributed by atoms with Gasteiger partial charge in [-0.25, -0.2) is 4.98 Å². The number of halogens is 1. The van der Waals surface area contributed by atoms with E-state index >= 15 is 0 Å². The summed E-state index contributed by atoms with van der Waals surface area (Å²) in [5, 5.41) is 6.82. The minimum Gasteiger partial charge on any atom is -0.366 e. The van der Waals surface area contributed by atoms with Gasteiger partial charge < -0.3 is 10.6 Å². The lowest BCUT2D eigenvalue weighted by Crippen LogP contribution is -2.22. The summed E-state index contributed by atoms with van der Waals surface area (Å²) >= 11 is 6.14. The van der Waals surface area contributed by atoms with Crippen LogP contribution in [0.15, 0.2) is 66.9 Å². The first-order valence-corrected chi connectivity index (χ1v) is 8.77. The Bertz CT molecular complexity index is 877. The second-order valence-corrected chi connectivity index (χ2v) is 6.45. The number of hydrogen-bond donors (Lipinski definition) is 2. The van der Waals surface area contributed by atoms with Crippen LogP contribution < -0.4 is 10.6 Å². The minimum absolute atomic E-state index is 0.143. The maximum atomic E-state index is 12.2. The van der Waals surface area contributed by atoms with Crippen molar-refractivity contribution in [3.05, 3.63) is 94.1 Å². The van der Waals surface area contributed by atoms with Crippen molar-refractivity contribution in [2.75, 3.05) is 5.32 Å². The van der Waals surface area contributed by atoms with E-state index < -0.39 is 0 Å². The Kier molecular flexibility index (Phi) is 5.87. The molecule has 5 heteroatoms. The first kappa shape index (κ1) is 18.0. The van der Waals surface area contributed by atoms with Crippen LogP contribution in [-0.4, -0.2) is 10.9 Å². The maximum Gasteiger partial charge on any atom is 0.253 e. The van der Waals surface area contributed by atoms with Gasteiger partial charge >= 0.3 is 0 Å². The number of benzene rings is 2. The monoisotopic (exact) mass is 365 g/mol. The predicted octanol–water partition coefficient (Wildman–Crippen LogP) is 4.59. The Labute approximate surface area is 158 Å². The largest absolute Gasteiger partial charge is 0.366 e. The Hall–Kier alpha value is -2.85. The summed E-state index contributed by atoms with van der Waals surface area (Å²) in [5.74, 6) is 0.552. The van der Waals surface area contributed by atoms with Gasteiger partial charge in [0.2, 0.25) is 0 Å². The fourth-order valence-electron chi connectivity index (χ4n) is 2.45. The van der Waals surface area contributed by atoms with Crippen LogP contribution in [-0.2, 0) is 13.1 Å². The second kappa shape index (κ2) is 8.50. The molecule has 4 nitrogen and oxygen atoms in total. The molecule has 26 heavy (non-hydrogen) atoms. The molecule has 0 saturated carbocycles. The van der Waals surface area contributed by atoms with Gasteiger partial charge in [-0.15, -0.1) is 0 Å². The maximum absolute atomic E-state index is 12.2. The standard InChI is InChI=1S/C21H20ClN3O/c1-15-6-8-16(9-7-15)12-25-21(26)18-10-11-20(24-14-18)23-13-17-4-2-3-5-19(17)22/h2-11,14H,12-13H2,1H3,(H,23,24)(H,25,26). The zero-order chi connectivity index (χ0) is 18.4. The number of aryl methyl sites for hydroxylation is 1. The van der Waals surface area contributed by atoms with Crippen LogP contribution in [0.1, 0.15) is 27.0 Å². The van der Waals surface area contributed by atoms with E-state index in [1.165, 1.54) is 5.56 Å². The molecule has 0 aliphatic carbocycles. The Morgan fingerprint density at radius 2 is 1.77 bits per heavy atom. The van der Waals surface area contributed by atoms with E-state index in [0.29, 0.717) is 29.5 Å². The van der Waals surface area contributed by atoms with E-state index in [9.17, 15) is 4.79 Å². The van der Waals surface area contributed by atoms with Crippen LogP contribution in [0.2, 0.25) is 5.02 Å². The van der Waals surface area contributed by atoms with E-state index in [4.69, 9.17) is 11.6 Å². The molecule has 0 aliphatic heterocycles. The fraction of sp³-hybridized carbons (Fsp3) is 0.143. The van der Waals surface area contributed by atoms with Crippen molar-refractivity contribution < 1.29 is 4.79 Å². The third kappa shape index (κ3) is 4.83. The molecule has 2 aromatic carbocycles. The molecule has 1 heterocycles. The summed E-state index contributed by atoms with van der Waals surface area (Å²) in [6.07, 6.45) is 1.57. The lowest BCUT2D eigenvalue weighted by Gasteiger charge is -2.09. The van der Waals surface area contributed by atoms with Crippen LogP contribution in [0.5, 0.6) is 0 Å². The highest BCUT2D eigenvalue weighted by Crippen LogP contribution is 2.16. The average molecular weight is 366 g/mol. The van der Waals surface area contributed by atoms with Gasteiger partial charge in [0.15, 0.2) is 0 Å². The van der Waals surface area contributed by atoms with Crippen LogP contribution in [0, 0.1) is 6.92 Å². The van der Waals surface area contributed by atoms with Gasteiger partial charge in [0.05, 0.1) is 5.56 Å². The summed E-state index contributed by atoms with van der Waals surface area (Å²) in [6.45, 7) is 3.10. The number of nitrogens with one attached hydrogen (secondary N) is 2. The normalized spacial score (nSPS) is 10.4.